The number of rotatable bonds is 7. The molecule has 0 saturated carbocycles. The summed E-state index contributed by atoms with van der Waals surface area (Å²) in [5.41, 5.74) is 0.517. The van der Waals surface area contributed by atoms with Crippen molar-refractivity contribution in [2.45, 2.75) is 61.5 Å². The number of fused-ring (bicyclic) bond motifs is 1. The average Bonchev–Trinajstić information content (AvgIpc) is 3.15. The van der Waals surface area contributed by atoms with Gasteiger partial charge in [-0.1, -0.05) is 36.0 Å². The van der Waals surface area contributed by atoms with Crippen molar-refractivity contribution in [2.24, 2.45) is 4.99 Å². The van der Waals surface area contributed by atoms with Gasteiger partial charge < -0.3 is 24.6 Å². The number of ether oxygens (including phenoxy) is 2. The third kappa shape index (κ3) is 5.70. The molecule has 0 bridgehead atoms. The Labute approximate surface area is 182 Å². The molecule has 1 fully saturated rings. The second kappa shape index (κ2) is 10.0. The number of benzene rings is 1. The molecular formula is C20H26F4N2O4S. The van der Waals surface area contributed by atoms with Crippen LogP contribution in [0.3, 0.4) is 0 Å². The Bertz CT molecular complexity index is 763. The Balaban J connectivity index is 1.70. The number of hydrogen-bond donors (Lipinski definition) is 2. The molecule has 6 nitrogen and oxygen atoms in total. The molecule has 174 valence electrons. The van der Waals surface area contributed by atoms with Crippen LogP contribution >= 0.6 is 11.8 Å². The SMILES string of the molecule is CN(C)C1=N[C@@H]2[C@@H](O)[C@H](O)C([C@@H](OCc3ccc(CCCF)cc3)C(F)(F)F)O[C@@H]2S1. The number of hydrogen-bond acceptors (Lipinski definition) is 7. The number of aliphatic imine (C=N–C) groups is 1. The number of halogens is 4. The maximum atomic E-state index is 13.8. The number of aryl methyl sites for hydroxylation is 1. The van der Waals surface area contributed by atoms with E-state index in [1.54, 1.807) is 43.3 Å². The first-order valence-electron chi connectivity index (χ1n) is 9.87. The fourth-order valence-corrected chi connectivity index (χ4v) is 4.62. The highest BCUT2D eigenvalue weighted by atomic mass is 32.2. The van der Waals surface area contributed by atoms with E-state index in [0.717, 1.165) is 17.3 Å². The van der Waals surface area contributed by atoms with Crippen LogP contribution in [-0.2, 0) is 22.5 Å². The minimum atomic E-state index is -4.83. The standard InChI is InChI=1S/C20H26F4N2O4S/c1-26(2)19-25-13-14(27)15(28)16(30-18(13)31-19)17(20(22,23)24)29-10-12-7-5-11(6-8-12)4-3-9-21/h5-8,13-18,27-28H,3-4,9-10H2,1-2H3/t13-,14-,15+,16?,17-,18-/m1/s1. The van der Waals surface area contributed by atoms with E-state index in [2.05, 4.69) is 4.99 Å². The maximum Gasteiger partial charge on any atom is 0.417 e. The zero-order valence-corrected chi connectivity index (χ0v) is 17.9. The van der Waals surface area contributed by atoms with E-state index in [1.165, 1.54) is 0 Å². The summed E-state index contributed by atoms with van der Waals surface area (Å²) in [6.45, 7) is -0.800. The van der Waals surface area contributed by atoms with Gasteiger partial charge in [0.2, 0.25) is 0 Å². The topological polar surface area (TPSA) is 74.5 Å². The van der Waals surface area contributed by atoms with Crippen molar-refractivity contribution in [3.8, 4) is 0 Å². The lowest BCUT2D eigenvalue weighted by atomic mass is 9.94. The predicted molar refractivity (Wildman–Crippen MR) is 109 cm³/mol. The molecule has 1 saturated heterocycles. The van der Waals surface area contributed by atoms with Gasteiger partial charge in [-0.25, -0.2) is 0 Å². The molecule has 0 aliphatic carbocycles. The van der Waals surface area contributed by atoms with Crippen molar-refractivity contribution in [1.82, 2.24) is 4.90 Å². The maximum absolute atomic E-state index is 13.8. The van der Waals surface area contributed by atoms with Crippen LogP contribution in [0.25, 0.3) is 0 Å². The zero-order chi connectivity index (χ0) is 22.8. The molecule has 2 N–H and O–H groups in total. The van der Waals surface area contributed by atoms with E-state index in [0.29, 0.717) is 23.6 Å². The van der Waals surface area contributed by atoms with E-state index in [1.807, 2.05) is 0 Å². The summed E-state index contributed by atoms with van der Waals surface area (Å²) in [5.74, 6) is 0. The Morgan fingerprint density at radius 1 is 1.16 bits per heavy atom. The highest BCUT2D eigenvalue weighted by molar-refractivity contribution is 8.14. The normalized spacial score (nSPS) is 29.4. The molecule has 31 heavy (non-hydrogen) atoms. The molecule has 2 aliphatic rings. The van der Waals surface area contributed by atoms with Crippen molar-refractivity contribution in [2.75, 3.05) is 20.8 Å². The summed E-state index contributed by atoms with van der Waals surface area (Å²) in [5, 5.41) is 21.3. The molecule has 1 unspecified atom stereocenters. The summed E-state index contributed by atoms with van der Waals surface area (Å²) >= 11 is 1.10. The molecule has 0 spiro atoms. The van der Waals surface area contributed by atoms with Crippen LogP contribution in [0.4, 0.5) is 17.6 Å². The van der Waals surface area contributed by atoms with E-state index in [9.17, 15) is 27.8 Å². The molecule has 3 rings (SSSR count). The van der Waals surface area contributed by atoms with Crippen LogP contribution in [0.15, 0.2) is 29.3 Å². The number of nitrogens with zero attached hydrogens (tertiary/aromatic N) is 2. The lowest BCUT2D eigenvalue weighted by Crippen LogP contribution is -2.61. The van der Waals surface area contributed by atoms with Gasteiger partial charge in [0.05, 0.1) is 13.3 Å². The number of thioether (sulfide) groups is 1. The van der Waals surface area contributed by atoms with Crippen LogP contribution in [0.5, 0.6) is 0 Å². The monoisotopic (exact) mass is 466 g/mol. The predicted octanol–water partition coefficient (Wildman–Crippen LogP) is 2.52. The van der Waals surface area contributed by atoms with E-state index in [4.69, 9.17) is 9.47 Å². The van der Waals surface area contributed by atoms with Crippen molar-refractivity contribution in [3.05, 3.63) is 35.4 Å². The quantitative estimate of drug-likeness (QED) is 0.602. The van der Waals surface area contributed by atoms with Gasteiger partial charge in [0, 0.05) is 14.1 Å². The van der Waals surface area contributed by atoms with Gasteiger partial charge in [0.25, 0.3) is 0 Å². The molecule has 1 aromatic carbocycles. The first-order chi connectivity index (χ1) is 14.6. The molecular weight excluding hydrogens is 440 g/mol. The third-order valence-corrected chi connectivity index (χ3v) is 6.45. The van der Waals surface area contributed by atoms with Crippen LogP contribution in [0.2, 0.25) is 0 Å². The Morgan fingerprint density at radius 3 is 2.39 bits per heavy atom. The number of aliphatic hydroxyl groups is 2. The van der Waals surface area contributed by atoms with E-state index in [-0.39, 0.29) is 6.61 Å². The second-order valence-corrected chi connectivity index (χ2v) is 8.81. The van der Waals surface area contributed by atoms with Gasteiger partial charge >= 0.3 is 6.18 Å². The van der Waals surface area contributed by atoms with Crippen molar-refractivity contribution in [1.29, 1.82) is 0 Å². The largest absolute Gasteiger partial charge is 0.417 e. The van der Waals surface area contributed by atoms with Crippen LogP contribution in [0, 0.1) is 0 Å². The van der Waals surface area contributed by atoms with Gasteiger partial charge in [-0.2, -0.15) is 13.2 Å². The molecule has 0 amide bonds. The van der Waals surface area contributed by atoms with Crippen LogP contribution in [0.1, 0.15) is 17.5 Å². The summed E-state index contributed by atoms with van der Waals surface area (Å²) in [7, 11) is 3.43. The summed E-state index contributed by atoms with van der Waals surface area (Å²) in [6.07, 6.45) is -11.5. The Morgan fingerprint density at radius 2 is 1.81 bits per heavy atom. The fraction of sp³-hybridized carbons (Fsp3) is 0.650. The number of alkyl halides is 4. The molecule has 2 aliphatic heterocycles. The first kappa shape index (κ1) is 24.2. The summed E-state index contributed by atoms with van der Waals surface area (Å²) < 4.78 is 64.3. The number of aliphatic hydroxyl groups excluding tert-OH is 2. The van der Waals surface area contributed by atoms with Crippen molar-refractivity contribution in [3.63, 3.8) is 0 Å². The van der Waals surface area contributed by atoms with Crippen molar-refractivity contribution >= 4 is 16.9 Å². The minimum absolute atomic E-state index is 0.364. The lowest BCUT2D eigenvalue weighted by molar-refractivity contribution is -0.286. The summed E-state index contributed by atoms with van der Waals surface area (Å²) in [4.78, 5) is 5.91. The zero-order valence-electron chi connectivity index (χ0n) is 17.1. The summed E-state index contributed by atoms with van der Waals surface area (Å²) in [6, 6.07) is 5.81. The van der Waals surface area contributed by atoms with Gasteiger partial charge in [-0.3, -0.25) is 9.38 Å². The number of amidine groups is 1. The smallest absolute Gasteiger partial charge is 0.388 e. The molecule has 6 atom stereocenters. The van der Waals surface area contributed by atoms with Crippen molar-refractivity contribution < 1.29 is 37.2 Å². The third-order valence-electron chi connectivity index (χ3n) is 5.14. The van der Waals surface area contributed by atoms with Gasteiger partial charge in [-0.05, 0) is 24.0 Å². The molecule has 1 aromatic rings. The Kier molecular flexibility index (Phi) is 7.85. The fourth-order valence-electron chi connectivity index (χ4n) is 3.48. The highest BCUT2D eigenvalue weighted by Gasteiger charge is 2.57. The molecule has 2 heterocycles. The molecule has 0 aromatic heterocycles. The highest BCUT2D eigenvalue weighted by Crippen LogP contribution is 2.41. The lowest BCUT2D eigenvalue weighted by Gasteiger charge is -2.41. The van der Waals surface area contributed by atoms with Gasteiger partial charge in [-0.15, -0.1) is 0 Å². The van der Waals surface area contributed by atoms with Crippen LogP contribution < -0.4 is 0 Å². The van der Waals surface area contributed by atoms with Crippen LogP contribution in [-0.4, -0.2) is 83.1 Å². The van der Waals surface area contributed by atoms with E-state index >= 15 is 0 Å². The Hall–Kier alpha value is -1.40. The first-order valence-corrected chi connectivity index (χ1v) is 10.7. The van der Waals surface area contributed by atoms with Gasteiger partial charge in [0.15, 0.2) is 11.3 Å². The average molecular weight is 466 g/mol. The molecule has 11 heteroatoms. The molecule has 0 radical (unpaired) electrons. The van der Waals surface area contributed by atoms with Gasteiger partial charge in [0.1, 0.15) is 29.8 Å². The second-order valence-electron chi connectivity index (χ2n) is 7.75. The van der Waals surface area contributed by atoms with E-state index < -0.39 is 48.7 Å². The minimum Gasteiger partial charge on any atom is -0.388 e.